The molecule has 0 heterocycles. The van der Waals surface area contributed by atoms with Crippen LogP contribution >= 0.6 is 0 Å². The van der Waals surface area contributed by atoms with Gasteiger partial charge in [-0.3, -0.25) is 0 Å². The molecule has 0 bridgehead atoms. The molecule has 1 aromatic carbocycles. The first-order chi connectivity index (χ1) is 6.23. The van der Waals surface area contributed by atoms with Crippen LogP contribution < -0.4 is 5.73 Å². The second-order valence-corrected chi connectivity index (χ2v) is 4.23. The van der Waals surface area contributed by atoms with Crippen molar-refractivity contribution in [3.63, 3.8) is 0 Å². The molecule has 0 aromatic heterocycles. The molecule has 2 rings (SSSR count). The molecular weight excluding hydrogens is 158 g/mol. The van der Waals surface area contributed by atoms with Crippen molar-refractivity contribution in [1.82, 2.24) is 0 Å². The number of benzene rings is 1. The number of hydrogen-bond acceptors (Lipinski definition) is 1. The predicted octanol–water partition coefficient (Wildman–Crippen LogP) is 2.67. The zero-order valence-corrected chi connectivity index (χ0v) is 8.16. The molecule has 0 atom stereocenters. The molecule has 0 aliphatic heterocycles. The Bertz CT molecular complexity index is 272. The van der Waals surface area contributed by atoms with Crippen LogP contribution in [0.25, 0.3) is 0 Å². The quantitative estimate of drug-likeness (QED) is 0.734. The summed E-state index contributed by atoms with van der Waals surface area (Å²) in [6.07, 6.45) is 3.43. The van der Waals surface area contributed by atoms with Crippen LogP contribution in [0.2, 0.25) is 0 Å². The standard InChI is InChI=1S/C12H17N/c1-2-12(13)8-11(9-12)10-6-4-3-5-7-10/h3-7,11H,2,8-9,13H2,1H3. The molecule has 13 heavy (non-hydrogen) atoms. The smallest absolute Gasteiger partial charge is 0.0163 e. The second-order valence-electron chi connectivity index (χ2n) is 4.23. The van der Waals surface area contributed by atoms with Crippen LogP contribution in [0.15, 0.2) is 30.3 Å². The zero-order chi connectivity index (χ0) is 9.31. The molecule has 0 unspecified atom stereocenters. The van der Waals surface area contributed by atoms with E-state index in [4.69, 9.17) is 5.73 Å². The van der Waals surface area contributed by atoms with Gasteiger partial charge in [-0.25, -0.2) is 0 Å². The van der Waals surface area contributed by atoms with E-state index in [0.717, 1.165) is 19.3 Å². The first-order valence-electron chi connectivity index (χ1n) is 5.07. The Morgan fingerprint density at radius 2 is 1.92 bits per heavy atom. The van der Waals surface area contributed by atoms with Crippen LogP contribution in [0, 0.1) is 0 Å². The molecule has 1 aliphatic carbocycles. The second kappa shape index (κ2) is 3.15. The molecule has 1 nitrogen and oxygen atoms in total. The van der Waals surface area contributed by atoms with Crippen molar-refractivity contribution in [2.24, 2.45) is 5.73 Å². The van der Waals surface area contributed by atoms with E-state index in [1.165, 1.54) is 5.56 Å². The fourth-order valence-electron chi connectivity index (χ4n) is 2.17. The molecule has 1 fully saturated rings. The lowest BCUT2D eigenvalue weighted by Crippen LogP contribution is -2.50. The van der Waals surface area contributed by atoms with Crippen LogP contribution in [-0.2, 0) is 0 Å². The Morgan fingerprint density at radius 3 is 2.46 bits per heavy atom. The van der Waals surface area contributed by atoms with Crippen LogP contribution in [0.4, 0.5) is 0 Å². The molecule has 0 amide bonds. The van der Waals surface area contributed by atoms with Crippen LogP contribution in [0.3, 0.4) is 0 Å². The Labute approximate surface area is 80.0 Å². The van der Waals surface area contributed by atoms with Crippen molar-refractivity contribution in [2.45, 2.75) is 37.6 Å². The summed E-state index contributed by atoms with van der Waals surface area (Å²) in [5.41, 5.74) is 7.72. The van der Waals surface area contributed by atoms with E-state index in [-0.39, 0.29) is 5.54 Å². The van der Waals surface area contributed by atoms with Crippen LogP contribution in [0.5, 0.6) is 0 Å². The summed E-state index contributed by atoms with van der Waals surface area (Å²) in [5, 5.41) is 0. The van der Waals surface area contributed by atoms with E-state index in [0.29, 0.717) is 5.92 Å². The minimum absolute atomic E-state index is 0.139. The normalized spacial score (nSPS) is 32.6. The molecule has 0 radical (unpaired) electrons. The van der Waals surface area contributed by atoms with Crippen molar-refractivity contribution in [1.29, 1.82) is 0 Å². The summed E-state index contributed by atoms with van der Waals surface area (Å²) >= 11 is 0. The first kappa shape index (κ1) is 8.76. The third-order valence-electron chi connectivity index (χ3n) is 3.28. The Morgan fingerprint density at radius 1 is 1.31 bits per heavy atom. The van der Waals surface area contributed by atoms with E-state index in [1.54, 1.807) is 0 Å². The number of hydrogen-bond donors (Lipinski definition) is 1. The van der Waals surface area contributed by atoms with E-state index in [9.17, 15) is 0 Å². The highest BCUT2D eigenvalue weighted by Crippen LogP contribution is 2.44. The molecular formula is C12H17N. The van der Waals surface area contributed by atoms with Gasteiger partial charge in [-0.1, -0.05) is 37.3 Å². The molecule has 2 N–H and O–H groups in total. The van der Waals surface area contributed by atoms with Gasteiger partial charge in [-0.05, 0) is 30.7 Å². The fourth-order valence-corrected chi connectivity index (χ4v) is 2.17. The van der Waals surface area contributed by atoms with Gasteiger partial charge in [0.05, 0.1) is 0 Å². The van der Waals surface area contributed by atoms with Gasteiger partial charge in [-0.2, -0.15) is 0 Å². The average Bonchev–Trinajstić information content (AvgIpc) is 2.14. The monoisotopic (exact) mass is 175 g/mol. The molecule has 0 saturated heterocycles. The molecule has 1 heteroatoms. The van der Waals surface area contributed by atoms with Gasteiger partial charge in [0.15, 0.2) is 0 Å². The molecule has 70 valence electrons. The highest BCUT2D eigenvalue weighted by molar-refractivity contribution is 5.24. The lowest BCUT2D eigenvalue weighted by atomic mass is 9.65. The molecule has 1 saturated carbocycles. The van der Waals surface area contributed by atoms with Crippen molar-refractivity contribution >= 4 is 0 Å². The summed E-state index contributed by atoms with van der Waals surface area (Å²) in [7, 11) is 0. The summed E-state index contributed by atoms with van der Waals surface area (Å²) in [6.45, 7) is 2.18. The lowest BCUT2D eigenvalue weighted by molar-refractivity contribution is 0.200. The van der Waals surface area contributed by atoms with Crippen molar-refractivity contribution in [2.75, 3.05) is 0 Å². The van der Waals surface area contributed by atoms with Crippen molar-refractivity contribution in [3.8, 4) is 0 Å². The largest absolute Gasteiger partial charge is 0.325 e. The SMILES string of the molecule is CCC1(N)CC(c2ccccc2)C1. The maximum atomic E-state index is 6.13. The van der Waals surface area contributed by atoms with E-state index in [1.807, 2.05) is 0 Å². The topological polar surface area (TPSA) is 26.0 Å². The fraction of sp³-hybridized carbons (Fsp3) is 0.500. The van der Waals surface area contributed by atoms with Gasteiger partial charge in [0.1, 0.15) is 0 Å². The third kappa shape index (κ3) is 1.61. The van der Waals surface area contributed by atoms with E-state index >= 15 is 0 Å². The number of rotatable bonds is 2. The summed E-state index contributed by atoms with van der Waals surface area (Å²) in [6, 6.07) is 10.7. The van der Waals surface area contributed by atoms with Crippen molar-refractivity contribution < 1.29 is 0 Å². The van der Waals surface area contributed by atoms with Gasteiger partial charge in [0.2, 0.25) is 0 Å². The Kier molecular flexibility index (Phi) is 2.12. The zero-order valence-electron chi connectivity index (χ0n) is 8.16. The molecule has 1 aliphatic rings. The first-order valence-corrected chi connectivity index (χ1v) is 5.07. The van der Waals surface area contributed by atoms with Gasteiger partial charge in [0, 0.05) is 5.54 Å². The van der Waals surface area contributed by atoms with Gasteiger partial charge < -0.3 is 5.73 Å². The maximum Gasteiger partial charge on any atom is 0.0163 e. The van der Waals surface area contributed by atoms with Gasteiger partial charge in [-0.15, -0.1) is 0 Å². The third-order valence-corrected chi connectivity index (χ3v) is 3.28. The van der Waals surface area contributed by atoms with Gasteiger partial charge in [0.25, 0.3) is 0 Å². The number of nitrogens with two attached hydrogens (primary N) is 1. The highest BCUT2D eigenvalue weighted by Gasteiger charge is 2.39. The summed E-state index contributed by atoms with van der Waals surface area (Å²) in [4.78, 5) is 0. The predicted molar refractivity (Wildman–Crippen MR) is 55.6 cm³/mol. The average molecular weight is 175 g/mol. The van der Waals surface area contributed by atoms with E-state index in [2.05, 4.69) is 37.3 Å². The molecule has 0 spiro atoms. The lowest BCUT2D eigenvalue weighted by Gasteiger charge is -2.45. The Hall–Kier alpha value is -0.820. The highest BCUT2D eigenvalue weighted by atomic mass is 14.8. The maximum absolute atomic E-state index is 6.13. The summed E-state index contributed by atoms with van der Waals surface area (Å²) < 4.78 is 0. The van der Waals surface area contributed by atoms with E-state index < -0.39 is 0 Å². The minimum Gasteiger partial charge on any atom is -0.325 e. The molecule has 1 aromatic rings. The van der Waals surface area contributed by atoms with Crippen LogP contribution in [0.1, 0.15) is 37.7 Å². The van der Waals surface area contributed by atoms with Crippen molar-refractivity contribution in [3.05, 3.63) is 35.9 Å². The minimum atomic E-state index is 0.139. The summed E-state index contributed by atoms with van der Waals surface area (Å²) in [5.74, 6) is 0.714. The Balaban J connectivity index is 2.01. The van der Waals surface area contributed by atoms with Crippen LogP contribution in [-0.4, -0.2) is 5.54 Å². The van der Waals surface area contributed by atoms with Gasteiger partial charge >= 0.3 is 0 Å².